The molecule has 1 amide bonds. The number of aliphatic hydroxyl groups is 1. The highest BCUT2D eigenvalue weighted by Crippen LogP contribution is 2.42. The van der Waals surface area contributed by atoms with Crippen LogP contribution in [-0.2, 0) is 16.0 Å². The molecule has 2 aliphatic heterocycles. The number of nitriles is 1. The normalized spacial score (nSPS) is 20.9. The maximum atomic E-state index is 13.2. The van der Waals surface area contributed by atoms with Crippen LogP contribution < -0.4 is 9.64 Å². The zero-order valence-electron chi connectivity index (χ0n) is 17.7. The van der Waals surface area contributed by atoms with Gasteiger partial charge in [-0.1, -0.05) is 6.07 Å². The van der Waals surface area contributed by atoms with E-state index in [0.717, 1.165) is 11.3 Å². The number of rotatable bonds is 3. The first-order valence-electron chi connectivity index (χ1n) is 10.5. The van der Waals surface area contributed by atoms with Crippen LogP contribution in [0.2, 0.25) is 0 Å². The van der Waals surface area contributed by atoms with Gasteiger partial charge in [0.25, 0.3) is 11.7 Å². The summed E-state index contributed by atoms with van der Waals surface area (Å²) in [6.45, 7) is 1.96. The summed E-state index contributed by atoms with van der Waals surface area (Å²) in [6, 6.07) is 16.3. The maximum absolute atomic E-state index is 13.2. The Hall–Kier alpha value is -4.44. The molecule has 1 N–H and O–H groups in total. The van der Waals surface area contributed by atoms with E-state index in [9.17, 15) is 14.7 Å². The molecule has 33 heavy (non-hydrogen) atoms. The Labute approximate surface area is 190 Å². The van der Waals surface area contributed by atoms with Crippen LogP contribution in [0.3, 0.4) is 0 Å². The van der Waals surface area contributed by atoms with E-state index >= 15 is 0 Å². The van der Waals surface area contributed by atoms with Gasteiger partial charge in [-0.3, -0.25) is 19.5 Å². The Morgan fingerprint density at radius 3 is 2.67 bits per heavy atom. The van der Waals surface area contributed by atoms with Gasteiger partial charge in [0.05, 0.1) is 23.2 Å². The number of anilines is 1. The van der Waals surface area contributed by atoms with Gasteiger partial charge < -0.3 is 9.84 Å². The number of Topliss-reactive ketones (excluding diaryl/α,β-unsaturated/α-hetero) is 1. The maximum Gasteiger partial charge on any atom is 0.300 e. The van der Waals surface area contributed by atoms with E-state index in [2.05, 4.69) is 4.98 Å². The lowest BCUT2D eigenvalue weighted by Gasteiger charge is -2.25. The van der Waals surface area contributed by atoms with E-state index in [1.165, 1.54) is 4.90 Å². The number of benzene rings is 2. The Kier molecular flexibility index (Phi) is 4.91. The topological polar surface area (TPSA) is 104 Å². The van der Waals surface area contributed by atoms with E-state index < -0.39 is 17.7 Å². The second-order valence-corrected chi connectivity index (χ2v) is 8.07. The summed E-state index contributed by atoms with van der Waals surface area (Å²) in [6.07, 6.45) is 3.90. The number of pyridine rings is 1. The number of hydrogen-bond acceptors (Lipinski definition) is 6. The van der Waals surface area contributed by atoms with Crippen molar-refractivity contribution < 1.29 is 19.4 Å². The van der Waals surface area contributed by atoms with Crippen molar-refractivity contribution in [3.05, 3.63) is 94.8 Å². The summed E-state index contributed by atoms with van der Waals surface area (Å²) in [5.41, 5.74) is 2.83. The summed E-state index contributed by atoms with van der Waals surface area (Å²) in [7, 11) is 0. The van der Waals surface area contributed by atoms with Crippen molar-refractivity contribution in [3.8, 4) is 11.8 Å². The molecule has 2 atom stereocenters. The molecule has 5 rings (SSSR count). The lowest BCUT2D eigenvalue weighted by Crippen LogP contribution is -2.29. The molecular formula is C26H19N3O4. The number of nitrogens with zero attached hydrogens (tertiary/aromatic N) is 3. The molecule has 1 fully saturated rings. The minimum absolute atomic E-state index is 0.00993. The van der Waals surface area contributed by atoms with Crippen molar-refractivity contribution >= 4 is 23.1 Å². The van der Waals surface area contributed by atoms with Gasteiger partial charge in [-0.15, -0.1) is 0 Å². The van der Waals surface area contributed by atoms with E-state index in [0.29, 0.717) is 28.8 Å². The number of ether oxygens (including phenoxy) is 1. The molecule has 0 saturated carbocycles. The minimum atomic E-state index is -0.866. The summed E-state index contributed by atoms with van der Waals surface area (Å²) in [5.74, 6) is -1.04. The van der Waals surface area contributed by atoms with Crippen molar-refractivity contribution in [2.45, 2.75) is 25.5 Å². The van der Waals surface area contributed by atoms with Gasteiger partial charge in [-0.05, 0) is 66.6 Å². The Morgan fingerprint density at radius 1 is 1.18 bits per heavy atom. The number of aromatic nitrogens is 1. The fourth-order valence-corrected chi connectivity index (χ4v) is 4.37. The first-order chi connectivity index (χ1) is 16.0. The number of carbonyl (C=O) groups excluding carboxylic acids is 2. The number of amides is 1. The van der Waals surface area contributed by atoms with E-state index in [4.69, 9.17) is 10.00 Å². The van der Waals surface area contributed by atoms with E-state index in [1.54, 1.807) is 67.0 Å². The second kappa shape index (κ2) is 7.92. The first-order valence-corrected chi connectivity index (χ1v) is 10.5. The van der Waals surface area contributed by atoms with E-state index in [1.807, 2.05) is 13.0 Å². The average Bonchev–Trinajstić information content (AvgIpc) is 3.34. The monoisotopic (exact) mass is 437 g/mol. The number of fused-ring (bicyclic) bond motifs is 1. The zero-order valence-corrected chi connectivity index (χ0v) is 17.7. The summed E-state index contributed by atoms with van der Waals surface area (Å²) in [4.78, 5) is 31.8. The molecule has 0 spiro atoms. The largest absolute Gasteiger partial charge is 0.507 e. The highest BCUT2D eigenvalue weighted by atomic mass is 16.5. The molecule has 7 nitrogen and oxygen atoms in total. The standard InChI is InChI=1S/C26H19N3O4/c1-15-11-19-12-17(6-9-21(19)33-15)24(30)22-23(18-3-2-10-28-14-18)29(26(32)25(22)31)20-7-4-16(13-27)5-8-20/h2-10,12,14-15,23,30H,11H2,1H3/b24-22-. The minimum Gasteiger partial charge on any atom is -0.507 e. The highest BCUT2D eigenvalue weighted by molar-refractivity contribution is 6.51. The third kappa shape index (κ3) is 3.42. The summed E-state index contributed by atoms with van der Waals surface area (Å²) < 4.78 is 5.73. The van der Waals surface area contributed by atoms with Gasteiger partial charge in [0, 0.05) is 30.1 Å². The molecule has 162 valence electrons. The van der Waals surface area contributed by atoms with Crippen LogP contribution in [0.15, 0.2) is 72.6 Å². The number of hydrogen-bond donors (Lipinski definition) is 1. The molecule has 3 aromatic rings. The molecule has 0 bridgehead atoms. The predicted molar refractivity (Wildman–Crippen MR) is 120 cm³/mol. The lowest BCUT2D eigenvalue weighted by molar-refractivity contribution is -0.132. The number of aliphatic hydroxyl groups excluding tert-OH is 1. The highest BCUT2D eigenvalue weighted by Gasteiger charge is 2.47. The van der Waals surface area contributed by atoms with Crippen molar-refractivity contribution in [2.24, 2.45) is 0 Å². The second-order valence-electron chi connectivity index (χ2n) is 8.07. The fourth-order valence-electron chi connectivity index (χ4n) is 4.37. The molecule has 2 aromatic carbocycles. The van der Waals surface area contributed by atoms with Crippen LogP contribution >= 0.6 is 0 Å². The number of carbonyl (C=O) groups is 2. The Balaban J connectivity index is 1.67. The number of ketones is 1. The van der Waals surface area contributed by atoms with Crippen LogP contribution in [0.25, 0.3) is 5.76 Å². The molecule has 2 unspecified atom stereocenters. The van der Waals surface area contributed by atoms with Crippen LogP contribution in [0.5, 0.6) is 5.75 Å². The van der Waals surface area contributed by atoms with Gasteiger partial charge >= 0.3 is 0 Å². The molecule has 0 radical (unpaired) electrons. The summed E-state index contributed by atoms with van der Waals surface area (Å²) in [5, 5.41) is 20.4. The third-order valence-electron chi connectivity index (χ3n) is 5.89. The van der Waals surface area contributed by atoms with E-state index in [-0.39, 0.29) is 17.4 Å². The average molecular weight is 437 g/mol. The SMILES string of the molecule is CC1Cc2cc(/C(O)=C3/C(=O)C(=O)N(c4ccc(C#N)cc4)C3c3cccnc3)ccc2O1. The Morgan fingerprint density at radius 2 is 1.97 bits per heavy atom. The molecule has 3 heterocycles. The summed E-state index contributed by atoms with van der Waals surface area (Å²) >= 11 is 0. The molecular weight excluding hydrogens is 418 g/mol. The van der Waals surface area contributed by atoms with Crippen molar-refractivity contribution in [2.75, 3.05) is 4.90 Å². The zero-order chi connectivity index (χ0) is 23.1. The third-order valence-corrected chi connectivity index (χ3v) is 5.89. The van der Waals surface area contributed by atoms with Crippen LogP contribution in [0.1, 0.15) is 35.2 Å². The quantitative estimate of drug-likeness (QED) is 0.379. The van der Waals surface area contributed by atoms with Crippen LogP contribution in [0.4, 0.5) is 5.69 Å². The van der Waals surface area contributed by atoms with Gasteiger partial charge in [0.1, 0.15) is 17.6 Å². The molecule has 7 heteroatoms. The molecule has 1 aromatic heterocycles. The van der Waals surface area contributed by atoms with Crippen LogP contribution in [0, 0.1) is 11.3 Å². The predicted octanol–water partition coefficient (Wildman–Crippen LogP) is 3.90. The fraction of sp³-hybridized carbons (Fsp3) is 0.154. The van der Waals surface area contributed by atoms with Crippen LogP contribution in [-0.4, -0.2) is 27.9 Å². The van der Waals surface area contributed by atoms with Crippen molar-refractivity contribution in [1.82, 2.24) is 4.98 Å². The molecule has 1 saturated heterocycles. The molecule has 0 aliphatic carbocycles. The van der Waals surface area contributed by atoms with Gasteiger partial charge in [-0.25, -0.2) is 0 Å². The lowest BCUT2D eigenvalue weighted by atomic mass is 9.95. The Bertz CT molecular complexity index is 1340. The van der Waals surface area contributed by atoms with Crippen molar-refractivity contribution in [1.29, 1.82) is 5.26 Å². The van der Waals surface area contributed by atoms with Gasteiger partial charge in [-0.2, -0.15) is 5.26 Å². The molecule has 2 aliphatic rings. The van der Waals surface area contributed by atoms with Crippen molar-refractivity contribution in [3.63, 3.8) is 0 Å². The first kappa shape index (κ1) is 20.5. The van der Waals surface area contributed by atoms with Gasteiger partial charge in [0.2, 0.25) is 0 Å². The van der Waals surface area contributed by atoms with Gasteiger partial charge in [0.15, 0.2) is 0 Å². The smallest absolute Gasteiger partial charge is 0.300 e.